The molecule has 1 aliphatic carbocycles. The van der Waals surface area contributed by atoms with Gasteiger partial charge in [0.1, 0.15) is 0 Å². The molecule has 3 heterocycles. The number of anilines is 3. The van der Waals surface area contributed by atoms with Gasteiger partial charge in [-0.2, -0.15) is 0 Å². The van der Waals surface area contributed by atoms with Crippen molar-refractivity contribution >= 4 is 39.8 Å². The Hall–Kier alpha value is -3.13. The molecule has 8 heteroatoms. The van der Waals surface area contributed by atoms with E-state index < -0.39 is 0 Å². The molecule has 2 aromatic carbocycles. The number of aromatic amines is 1. The summed E-state index contributed by atoms with van der Waals surface area (Å²) in [5, 5.41) is 14.9. The lowest BCUT2D eigenvalue weighted by Gasteiger charge is -2.38. The van der Waals surface area contributed by atoms with E-state index in [4.69, 9.17) is 16.6 Å². The predicted octanol–water partition coefficient (Wildman–Crippen LogP) is 6.49. The molecule has 7 nitrogen and oxygen atoms in total. The van der Waals surface area contributed by atoms with Gasteiger partial charge in [-0.05, 0) is 87.9 Å². The van der Waals surface area contributed by atoms with E-state index in [2.05, 4.69) is 75.5 Å². The van der Waals surface area contributed by atoms with Gasteiger partial charge in [0.15, 0.2) is 0 Å². The van der Waals surface area contributed by atoms with Crippen molar-refractivity contribution in [3.63, 3.8) is 0 Å². The fourth-order valence-electron chi connectivity index (χ4n) is 5.85. The van der Waals surface area contributed by atoms with E-state index in [-0.39, 0.29) is 6.10 Å². The minimum Gasteiger partial charge on any atom is -0.392 e. The van der Waals surface area contributed by atoms with Gasteiger partial charge in [0.2, 0.25) is 5.95 Å². The average molecular weight is 545 g/mol. The number of halogens is 1. The van der Waals surface area contributed by atoms with Crippen molar-refractivity contribution in [3.05, 3.63) is 64.9 Å². The molecule has 1 unspecified atom stereocenters. The summed E-state index contributed by atoms with van der Waals surface area (Å²) in [6.45, 7) is 6.67. The molecule has 204 valence electrons. The molecule has 1 saturated carbocycles. The molecule has 39 heavy (non-hydrogen) atoms. The molecule has 0 bridgehead atoms. The number of hydrogen-bond donors (Lipinski definition) is 3. The standard InChI is InChI=1S/C31H37ClN6O/c1-19-4-7-26-27(16-33-29(26)12-19)30-28(32)17-34-31(36-30)35-23-13-22(21-5-6-21)14-25(15-23)38-10-8-24(9-11-38)37(3)18-20(2)39/h4,7,12-17,20-21,24,33,39H,5-6,8-11,18H2,1-3H3,(H,34,35,36). The zero-order chi connectivity index (χ0) is 27.1. The average Bonchev–Trinajstić information content (AvgIpc) is 3.69. The molecule has 4 aromatic rings. The summed E-state index contributed by atoms with van der Waals surface area (Å²) >= 11 is 6.60. The van der Waals surface area contributed by atoms with Gasteiger partial charge in [0, 0.05) is 59.7 Å². The Labute approximate surface area is 235 Å². The highest BCUT2D eigenvalue weighted by Crippen LogP contribution is 2.43. The minimum absolute atomic E-state index is 0.298. The van der Waals surface area contributed by atoms with Crippen molar-refractivity contribution in [1.82, 2.24) is 19.9 Å². The highest BCUT2D eigenvalue weighted by Gasteiger charge is 2.27. The number of fused-ring (bicyclic) bond motifs is 1. The summed E-state index contributed by atoms with van der Waals surface area (Å²) < 4.78 is 0. The number of aromatic nitrogens is 3. The lowest BCUT2D eigenvalue weighted by atomic mass is 10.0. The molecular formula is C31H37ClN6O. The molecule has 6 rings (SSSR count). The summed E-state index contributed by atoms with van der Waals surface area (Å²) in [6, 6.07) is 13.7. The van der Waals surface area contributed by atoms with Crippen molar-refractivity contribution in [2.75, 3.05) is 36.9 Å². The lowest BCUT2D eigenvalue weighted by Crippen LogP contribution is -2.45. The van der Waals surface area contributed by atoms with Gasteiger partial charge in [0.25, 0.3) is 0 Å². The van der Waals surface area contributed by atoms with Gasteiger partial charge in [-0.1, -0.05) is 23.7 Å². The first kappa shape index (κ1) is 26.1. The lowest BCUT2D eigenvalue weighted by molar-refractivity contribution is 0.108. The second-order valence-electron chi connectivity index (χ2n) is 11.4. The second kappa shape index (κ2) is 10.8. The third-order valence-electron chi connectivity index (χ3n) is 8.09. The topological polar surface area (TPSA) is 80.3 Å². The van der Waals surface area contributed by atoms with Crippen molar-refractivity contribution in [2.45, 2.75) is 57.6 Å². The number of hydrogen-bond acceptors (Lipinski definition) is 6. The predicted molar refractivity (Wildman–Crippen MR) is 160 cm³/mol. The van der Waals surface area contributed by atoms with Gasteiger partial charge in [-0.25, -0.2) is 9.97 Å². The summed E-state index contributed by atoms with van der Waals surface area (Å²) in [5.74, 6) is 1.17. The van der Waals surface area contributed by atoms with E-state index in [1.165, 1.54) is 29.7 Å². The third kappa shape index (κ3) is 5.76. The largest absolute Gasteiger partial charge is 0.392 e. The number of rotatable bonds is 8. The van der Waals surface area contributed by atoms with Crippen molar-refractivity contribution in [2.24, 2.45) is 0 Å². The Kier molecular flexibility index (Phi) is 7.23. The fourth-order valence-corrected chi connectivity index (χ4v) is 6.05. The highest BCUT2D eigenvalue weighted by molar-refractivity contribution is 6.33. The Morgan fingerprint density at radius 1 is 1.15 bits per heavy atom. The van der Waals surface area contributed by atoms with Crippen LogP contribution >= 0.6 is 11.6 Å². The molecule has 0 radical (unpaired) electrons. The second-order valence-corrected chi connectivity index (χ2v) is 11.8. The molecule has 3 N–H and O–H groups in total. The Bertz CT molecular complexity index is 1470. The number of aliphatic hydroxyl groups is 1. The van der Waals surface area contributed by atoms with Gasteiger partial charge in [0.05, 0.1) is 23.0 Å². The number of aliphatic hydroxyl groups excluding tert-OH is 1. The Morgan fingerprint density at radius 3 is 2.69 bits per heavy atom. The van der Waals surface area contributed by atoms with E-state index >= 15 is 0 Å². The SMILES string of the molecule is Cc1ccc2c(-c3nc(Nc4cc(C5CC5)cc(N5CCC(N(C)CC(C)O)CC5)c4)ncc3Cl)c[nH]c2c1. The van der Waals surface area contributed by atoms with E-state index in [9.17, 15) is 5.11 Å². The molecule has 1 saturated heterocycles. The molecule has 1 aliphatic heterocycles. The molecule has 0 spiro atoms. The van der Waals surface area contributed by atoms with Crippen LogP contribution in [-0.2, 0) is 0 Å². The van der Waals surface area contributed by atoms with Gasteiger partial charge in [-0.15, -0.1) is 0 Å². The maximum atomic E-state index is 9.79. The van der Waals surface area contributed by atoms with Crippen LogP contribution in [0.1, 0.15) is 49.7 Å². The van der Waals surface area contributed by atoms with Gasteiger partial charge in [-0.3, -0.25) is 0 Å². The maximum absolute atomic E-state index is 9.79. The van der Waals surface area contributed by atoms with Gasteiger partial charge < -0.3 is 25.2 Å². The summed E-state index contributed by atoms with van der Waals surface area (Å²) in [5.41, 5.74) is 7.59. The molecule has 2 aromatic heterocycles. The van der Waals surface area contributed by atoms with Crippen molar-refractivity contribution < 1.29 is 5.11 Å². The summed E-state index contributed by atoms with van der Waals surface area (Å²) in [4.78, 5) is 17.5. The number of nitrogens with one attached hydrogen (secondary N) is 2. The minimum atomic E-state index is -0.298. The van der Waals surface area contributed by atoms with E-state index in [0.717, 1.165) is 54.6 Å². The molecule has 2 aliphatic rings. The van der Waals surface area contributed by atoms with Crippen LogP contribution in [0.3, 0.4) is 0 Å². The van der Waals surface area contributed by atoms with Crippen molar-refractivity contribution in [1.29, 1.82) is 0 Å². The highest BCUT2D eigenvalue weighted by atomic mass is 35.5. The van der Waals surface area contributed by atoms with Crippen LogP contribution in [-0.4, -0.2) is 63.8 Å². The van der Waals surface area contributed by atoms with Crippen LogP contribution in [0.15, 0.2) is 48.8 Å². The summed E-state index contributed by atoms with van der Waals surface area (Å²) in [6.07, 6.45) is 8.02. The zero-order valence-corrected chi connectivity index (χ0v) is 23.7. The number of likely N-dealkylation sites (N-methyl/N-ethyl adjacent to an activating group) is 1. The number of aryl methyl sites for hydroxylation is 1. The maximum Gasteiger partial charge on any atom is 0.227 e. The van der Waals surface area contributed by atoms with Crippen LogP contribution in [0.2, 0.25) is 5.02 Å². The first-order valence-corrected chi connectivity index (χ1v) is 14.4. The van der Waals surface area contributed by atoms with E-state index in [1.807, 2.05) is 13.1 Å². The molecular weight excluding hydrogens is 508 g/mol. The smallest absolute Gasteiger partial charge is 0.227 e. The normalized spacial score (nSPS) is 17.2. The number of H-pyrrole nitrogens is 1. The first-order chi connectivity index (χ1) is 18.8. The van der Waals surface area contributed by atoms with E-state index in [1.54, 1.807) is 6.20 Å². The number of benzene rings is 2. The molecule has 2 fully saturated rings. The number of nitrogens with zero attached hydrogens (tertiary/aromatic N) is 4. The van der Waals surface area contributed by atoms with Crippen LogP contribution in [0.25, 0.3) is 22.2 Å². The first-order valence-electron chi connectivity index (χ1n) is 14.0. The van der Waals surface area contributed by atoms with Gasteiger partial charge >= 0.3 is 0 Å². The fraction of sp³-hybridized carbons (Fsp3) is 0.419. The third-order valence-corrected chi connectivity index (χ3v) is 8.36. The monoisotopic (exact) mass is 544 g/mol. The zero-order valence-electron chi connectivity index (χ0n) is 22.9. The van der Waals surface area contributed by atoms with E-state index in [0.29, 0.717) is 28.6 Å². The molecule has 1 atom stereocenters. The van der Waals surface area contributed by atoms with Crippen LogP contribution in [0, 0.1) is 6.92 Å². The Balaban J connectivity index is 1.24. The number of piperidine rings is 1. The molecule has 0 amide bonds. The summed E-state index contributed by atoms with van der Waals surface area (Å²) in [7, 11) is 2.13. The van der Waals surface area contributed by atoms with Crippen LogP contribution in [0.5, 0.6) is 0 Å². The Morgan fingerprint density at radius 2 is 1.95 bits per heavy atom. The van der Waals surface area contributed by atoms with Crippen LogP contribution in [0.4, 0.5) is 17.3 Å². The van der Waals surface area contributed by atoms with Crippen molar-refractivity contribution in [3.8, 4) is 11.3 Å². The van der Waals surface area contributed by atoms with Crippen LogP contribution < -0.4 is 10.2 Å². The quantitative estimate of drug-likeness (QED) is 0.235.